The number of hydrogen-bond donors (Lipinski definition) is 0. The van der Waals surface area contributed by atoms with Crippen molar-refractivity contribution in [1.29, 1.82) is 0 Å². The number of benzene rings is 2. The molecule has 2 aromatic rings. The summed E-state index contributed by atoms with van der Waals surface area (Å²) >= 11 is 6.31. The highest BCUT2D eigenvalue weighted by Gasteiger charge is 2.59. The predicted molar refractivity (Wildman–Crippen MR) is 111 cm³/mol. The molecule has 1 saturated heterocycles. The molecular formula is C21H18ClN3O5. The summed E-state index contributed by atoms with van der Waals surface area (Å²) in [6, 6.07) is 12.4. The summed E-state index contributed by atoms with van der Waals surface area (Å²) in [4.78, 5) is 40.4. The Kier molecular flexibility index (Phi) is 5.17. The van der Waals surface area contributed by atoms with Crippen LogP contribution >= 0.6 is 11.6 Å². The van der Waals surface area contributed by atoms with Gasteiger partial charge in [0.2, 0.25) is 5.91 Å². The van der Waals surface area contributed by atoms with Gasteiger partial charge in [-0.2, -0.15) is 5.10 Å². The summed E-state index contributed by atoms with van der Waals surface area (Å²) in [7, 11) is 1.45. The molecule has 2 atom stereocenters. The third-order valence-corrected chi connectivity index (χ3v) is 5.28. The number of hydrazone groups is 1. The number of para-hydroxylation sites is 3. The molecule has 0 radical (unpaired) electrons. The van der Waals surface area contributed by atoms with Crippen molar-refractivity contribution in [3.63, 3.8) is 0 Å². The van der Waals surface area contributed by atoms with Crippen LogP contribution in [0.2, 0.25) is 5.02 Å². The van der Waals surface area contributed by atoms with Gasteiger partial charge in [0.15, 0.2) is 5.71 Å². The molecule has 2 aliphatic heterocycles. The quantitative estimate of drug-likeness (QED) is 0.538. The lowest BCUT2D eigenvalue weighted by Crippen LogP contribution is -2.39. The number of carbonyl (C=O) groups excluding carboxylic acids is 3. The Balaban J connectivity index is 1.83. The zero-order valence-electron chi connectivity index (χ0n) is 16.2. The maximum Gasteiger partial charge on any atom is 0.355 e. The fraction of sp³-hybridized carbons (Fsp3) is 0.238. The minimum Gasteiger partial charge on any atom is -0.495 e. The number of fused-ring (bicyclic) bond motifs is 1. The minimum absolute atomic E-state index is 0.111. The van der Waals surface area contributed by atoms with Gasteiger partial charge in [0.1, 0.15) is 17.7 Å². The van der Waals surface area contributed by atoms with E-state index in [1.807, 2.05) is 0 Å². The van der Waals surface area contributed by atoms with E-state index in [9.17, 15) is 14.4 Å². The van der Waals surface area contributed by atoms with Crippen LogP contribution in [-0.4, -0.2) is 43.3 Å². The average molecular weight is 428 g/mol. The fourth-order valence-corrected chi connectivity index (χ4v) is 3.90. The minimum atomic E-state index is -1.11. The highest BCUT2D eigenvalue weighted by Crippen LogP contribution is 2.42. The second kappa shape index (κ2) is 7.79. The van der Waals surface area contributed by atoms with Gasteiger partial charge in [-0.15, -0.1) is 0 Å². The Morgan fingerprint density at radius 3 is 2.40 bits per heavy atom. The first-order chi connectivity index (χ1) is 14.5. The van der Waals surface area contributed by atoms with Gasteiger partial charge in [-0.1, -0.05) is 35.9 Å². The number of rotatable bonds is 5. The first-order valence-electron chi connectivity index (χ1n) is 9.29. The number of hydrogen-bond acceptors (Lipinski definition) is 7. The molecule has 0 bridgehead atoms. The van der Waals surface area contributed by atoms with Gasteiger partial charge in [-0.3, -0.25) is 9.59 Å². The van der Waals surface area contributed by atoms with Gasteiger partial charge in [0.05, 0.1) is 30.1 Å². The molecule has 8 nitrogen and oxygen atoms in total. The van der Waals surface area contributed by atoms with Crippen LogP contribution in [0.25, 0.3) is 0 Å². The van der Waals surface area contributed by atoms with E-state index in [2.05, 4.69) is 5.10 Å². The molecule has 0 spiro atoms. The van der Waals surface area contributed by atoms with E-state index in [0.29, 0.717) is 22.1 Å². The molecule has 0 aromatic heterocycles. The first-order valence-corrected chi connectivity index (χ1v) is 9.67. The smallest absolute Gasteiger partial charge is 0.355 e. The van der Waals surface area contributed by atoms with E-state index in [1.165, 1.54) is 12.1 Å². The molecule has 9 heteroatoms. The molecule has 2 aliphatic rings. The number of halogens is 1. The van der Waals surface area contributed by atoms with Crippen molar-refractivity contribution in [2.24, 2.45) is 11.0 Å². The number of imide groups is 1. The Morgan fingerprint density at radius 1 is 1.07 bits per heavy atom. The van der Waals surface area contributed by atoms with Crippen molar-refractivity contribution in [1.82, 2.24) is 0 Å². The SMILES string of the molecule is CCOC(=O)C1=NN(c2ccccc2Cl)[C@@H]2C(=O)N(c3ccccc3OC)C(=O)[C@H]12. The molecule has 30 heavy (non-hydrogen) atoms. The molecule has 154 valence electrons. The van der Waals surface area contributed by atoms with Gasteiger partial charge in [0, 0.05) is 0 Å². The van der Waals surface area contributed by atoms with Crippen LogP contribution in [0.15, 0.2) is 53.6 Å². The van der Waals surface area contributed by atoms with Crippen LogP contribution < -0.4 is 14.6 Å². The standard InChI is InChI=1S/C21H18ClN3O5/c1-3-30-21(28)17-16-18(25(23-17)13-9-5-4-8-12(13)22)20(27)24(19(16)26)14-10-6-7-11-15(14)29-2/h4-11,16,18H,3H2,1-2H3/t16-,18+/m1/s1. The Bertz CT molecular complexity index is 1070. The number of anilines is 2. The number of methoxy groups -OCH3 is 1. The van der Waals surface area contributed by atoms with Crippen LogP contribution in [0.5, 0.6) is 5.75 Å². The van der Waals surface area contributed by atoms with Crippen molar-refractivity contribution in [2.75, 3.05) is 23.6 Å². The summed E-state index contributed by atoms with van der Waals surface area (Å²) in [5.74, 6) is -2.60. The van der Waals surface area contributed by atoms with Gasteiger partial charge >= 0.3 is 5.97 Å². The Hall–Kier alpha value is -3.39. The topological polar surface area (TPSA) is 88.5 Å². The molecule has 2 heterocycles. The number of amides is 2. The van der Waals surface area contributed by atoms with E-state index in [1.54, 1.807) is 55.5 Å². The third-order valence-electron chi connectivity index (χ3n) is 4.96. The molecule has 0 N–H and O–H groups in total. The van der Waals surface area contributed by atoms with Crippen LogP contribution in [0.3, 0.4) is 0 Å². The van der Waals surface area contributed by atoms with Crippen molar-refractivity contribution in [3.8, 4) is 5.75 Å². The molecule has 0 saturated carbocycles. The Labute approximate surface area is 177 Å². The first kappa shape index (κ1) is 19.9. The maximum atomic E-state index is 13.4. The Morgan fingerprint density at radius 2 is 1.73 bits per heavy atom. The summed E-state index contributed by atoms with van der Waals surface area (Å²) in [5, 5.41) is 5.95. The van der Waals surface area contributed by atoms with Crippen molar-refractivity contribution >= 4 is 46.5 Å². The zero-order valence-corrected chi connectivity index (χ0v) is 17.0. The lowest BCUT2D eigenvalue weighted by molar-refractivity contribution is -0.136. The lowest BCUT2D eigenvalue weighted by atomic mass is 9.98. The fourth-order valence-electron chi connectivity index (χ4n) is 3.68. The van der Waals surface area contributed by atoms with E-state index >= 15 is 0 Å². The molecular weight excluding hydrogens is 410 g/mol. The van der Waals surface area contributed by atoms with Gasteiger partial charge < -0.3 is 9.47 Å². The van der Waals surface area contributed by atoms with E-state index in [-0.39, 0.29) is 12.3 Å². The normalized spacial score (nSPS) is 20.3. The van der Waals surface area contributed by atoms with Gasteiger partial charge in [0.25, 0.3) is 5.91 Å². The van der Waals surface area contributed by atoms with Crippen molar-refractivity contribution in [3.05, 3.63) is 53.6 Å². The molecule has 2 aromatic carbocycles. The van der Waals surface area contributed by atoms with E-state index in [4.69, 9.17) is 21.1 Å². The lowest BCUT2D eigenvalue weighted by Gasteiger charge is -2.23. The van der Waals surface area contributed by atoms with Crippen LogP contribution in [-0.2, 0) is 19.1 Å². The highest BCUT2D eigenvalue weighted by atomic mass is 35.5. The molecule has 0 unspecified atom stereocenters. The predicted octanol–water partition coefficient (Wildman–Crippen LogP) is 2.65. The summed E-state index contributed by atoms with van der Waals surface area (Å²) in [5.41, 5.74) is 0.584. The largest absolute Gasteiger partial charge is 0.495 e. The molecule has 1 fully saturated rings. The van der Waals surface area contributed by atoms with Crippen LogP contribution in [0.4, 0.5) is 11.4 Å². The van der Waals surface area contributed by atoms with Crippen molar-refractivity contribution in [2.45, 2.75) is 13.0 Å². The van der Waals surface area contributed by atoms with E-state index in [0.717, 1.165) is 4.90 Å². The molecule has 4 rings (SSSR count). The second-order valence-corrected chi connectivity index (χ2v) is 7.02. The second-order valence-electron chi connectivity index (χ2n) is 6.61. The average Bonchev–Trinajstić information content (AvgIpc) is 3.25. The number of nitrogens with zero attached hydrogens (tertiary/aromatic N) is 3. The number of carbonyl (C=O) groups is 3. The van der Waals surface area contributed by atoms with Gasteiger partial charge in [-0.25, -0.2) is 14.7 Å². The molecule has 2 amide bonds. The maximum absolute atomic E-state index is 13.4. The van der Waals surface area contributed by atoms with Crippen molar-refractivity contribution < 1.29 is 23.9 Å². The van der Waals surface area contributed by atoms with E-state index < -0.39 is 29.7 Å². The summed E-state index contributed by atoms with van der Waals surface area (Å²) in [6.07, 6.45) is 0. The summed E-state index contributed by atoms with van der Waals surface area (Å²) < 4.78 is 10.4. The highest BCUT2D eigenvalue weighted by molar-refractivity contribution is 6.47. The zero-order chi connectivity index (χ0) is 21.4. The molecule has 0 aliphatic carbocycles. The number of esters is 1. The number of ether oxygens (including phenoxy) is 2. The third kappa shape index (κ3) is 3.00. The van der Waals surface area contributed by atoms with Crippen LogP contribution in [0.1, 0.15) is 6.92 Å². The summed E-state index contributed by atoms with van der Waals surface area (Å²) in [6.45, 7) is 1.76. The van der Waals surface area contributed by atoms with Crippen LogP contribution in [0, 0.1) is 5.92 Å². The monoisotopic (exact) mass is 427 g/mol. The van der Waals surface area contributed by atoms with Gasteiger partial charge in [-0.05, 0) is 31.2 Å².